The van der Waals surface area contributed by atoms with Crippen LogP contribution in [0.1, 0.15) is 91.9 Å². The van der Waals surface area contributed by atoms with E-state index in [0.717, 1.165) is 43.4 Å². The number of fused-ring (bicyclic) bond motifs is 5. The van der Waals surface area contributed by atoms with E-state index >= 15 is 0 Å². The van der Waals surface area contributed by atoms with Crippen molar-refractivity contribution in [3.05, 3.63) is 23.8 Å². The highest BCUT2D eigenvalue weighted by Crippen LogP contribution is 2.67. The smallest absolute Gasteiger partial charge is 0.0577 e. The first-order valence-corrected chi connectivity index (χ1v) is 12.9. The minimum atomic E-state index is -0.114. The van der Waals surface area contributed by atoms with Gasteiger partial charge in [-0.05, 0) is 111 Å². The Hall–Kier alpha value is -0.600. The molecule has 2 heteroatoms. The van der Waals surface area contributed by atoms with E-state index in [4.69, 9.17) is 0 Å². The van der Waals surface area contributed by atoms with Gasteiger partial charge in [-0.2, -0.15) is 0 Å². The molecule has 0 aromatic carbocycles. The minimum Gasteiger partial charge on any atom is -0.396 e. The summed E-state index contributed by atoms with van der Waals surface area (Å²) in [5.41, 5.74) is 3.63. The van der Waals surface area contributed by atoms with Gasteiger partial charge in [-0.3, -0.25) is 0 Å². The van der Waals surface area contributed by atoms with Crippen molar-refractivity contribution in [3.63, 3.8) is 0 Å². The van der Waals surface area contributed by atoms with Crippen LogP contribution in [0.2, 0.25) is 0 Å². The standard InChI is InChI=1S/C28H46O2/c1-18(2)19(3)6-7-20(17-29)24-10-11-25-23-9-8-21-16-22(30)12-14-27(21,4)26(23)13-15-28(24,25)5/h8,18,20,22-26,29-30H,3,6-7,9-17H2,1-2,4-5H3/t20-,22-,23-,24+,25-,26-,27-,28+/m0/s1. The Labute approximate surface area is 185 Å². The van der Waals surface area contributed by atoms with Crippen LogP contribution in [0.3, 0.4) is 0 Å². The molecule has 0 amide bonds. The largest absolute Gasteiger partial charge is 0.396 e. The number of allylic oxidation sites excluding steroid dienone is 2. The third kappa shape index (κ3) is 3.64. The molecule has 0 saturated heterocycles. The Morgan fingerprint density at radius 1 is 1.13 bits per heavy atom. The van der Waals surface area contributed by atoms with E-state index in [9.17, 15) is 10.2 Å². The van der Waals surface area contributed by atoms with Gasteiger partial charge < -0.3 is 10.2 Å². The topological polar surface area (TPSA) is 40.5 Å². The lowest BCUT2D eigenvalue weighted by atomic mass is 9.47. The van der Waals surface area contributed by atoms with Crippen LogP contribution in [-0.4, -0.2) is 22.9 Å². The van der Waals surface area contributed by atoms with Gasteiger partial charge in [0.1, 0.15) is 0 Å². The van der Waals surface area contributed by atoms with E-state index in [-0.39, 0.29) is 6.10 Å². The third-order valence-corrected chi connectivity index (χ3v) is 10.6. The van der Waals surface area contributed by atoms with Crippen LogP contribution in [0.5, 0.6) is 0 Å². The molecule has 8 atom stereocenters. The summed E-state index contributed by atoms with van der Waals surface area (Å²) in [5, 5.41) is 20.6. The third-order valence-electron chi connectivity index (χ3n) is 10.6. The van der Waals surface area contributed by atoms with Crippen molar-refractivity contribution in [2.24, 2.45) is 46.3 Å². The first-order chi connectivity index (χ1) is 14.2. The number of rotatable bonds is 6. The van der Waals surface area contributed by atoms with Crippen molar-refractivity contribution < 1.29 is 10.2 Å². The molecule has 0 heterocycles. The van der Waals surface area contributed by atoms with Crippen molar-refractivity contribution in [1.82, 2.24) is 0 Å². The van der Waals surface area contributed by atoms with Gasteiger partial charge in [0, 0.05) is 6.61 Å². The molecule has 0 aromatic heterocycles. The van der Waals surface area contributed by atoms with Gasteiger partial charge in [0.25, 0.3) is 0 Å². The number of hydrogen-bond acceptors (Lipinski definition) is 2. The van der Waals surface area contributed by atoms with Crippen LogP contribution in [0.4, 0.5) is 0 Å². The van der Waals surface area contributed by atoms with Crippen molar-refractivity contribution in [2.45, 2.75) is 98.0 Å². The van der Waals surface area contributed by atoms with Crippen LogP contribution < -0.4 is 0 Å². The summed E-state index contributed by atoms with van der Waals surface area (Å²) in [7, 11) is 0. The molecule has 4 aliphatic rings. The van der Waals surface area contributed by atoms with Crippen LogP contribution in [-0.2, 0) is 0 Å². The lowest BCUT2D eigenvalue weighted by Crippen LogP contribution is -2.51. The monoisotopic (exact) mass is 414 g/mol. The van der Waals surface area contributed by atoms with Gasteiger partial charge in [-0.15, -0.1) is 0 Å². The first kappa shape index (κ1) is 22.6. The molecule has 0 spiro atoms. The van der Waals surface area contributed by atoms with Crippen molar-refractivity contribution in [3.8, 4) is 0 Å². The lowest BCUT2D eigenvalue weighted by molar-refractivity contribution is -0.0621. The zero-order valence-electron chi connectivity index (χ0n) is 20.0. The molecular weight excluding hydrogens is 368 g/mol. The van der Waals surface area contributed by atoms with Gasteiger partial charge in [-0.1, -0.05) is 51.5 Å². The molecule has 0 unspecified atom stereocenters. The molecule has 2 nitrogen and oxygen atoms in total. The fourth-order valence-corrected chi connectivity index (χ4v) is 8.54. The van der Waals surface area contributed by atoms with E-state index < -0.39 is 0 Å². The Morgan fingerprint density at radius 2 is 1.90 bits per heavy atom. The summed E-state index contributed by atoms with van der Waals surface area (Å²) in [6, 6.07) is 0. The fraction of sp³-hybridized carbons (Fsp3) is 0.857. The molecule has 2 N–H and O–H groups in total. The number of aliphatic hydroxyl groups excluding tert-OH is 2. The predicted molar refractivity (Wildman–Crippen MR) is 125 cm³/mol. The van der Waals surface area contributed by atoms with Gasteiger partial charge >= 0.3 is 0 Å². The van der Waals surface area contributed by atoms with Crippen molar-refractivity contribution in [1.29, 1.82) is 0 Å². The quantitative estimate of drug-likeness (QED) is 0.485. The summed E-state index contributed by atoms with van der Waals surface area (Å²) in [5.74, 6) is 4.06. The average molecular weight is 415 g/mol. The van der Waals surface area contributed by atoms with Crippen molar-refractivity contribution >= 4 is 0 Å². The molecular formula is C28H46O2. The Morgan fingerprint density at radius 3 is 2.60 bits per heavy atom. The van der Waals surface area contributed by atoms with Gasteiger partial charge in [0.2, 0.25) is 0 Å². The van der Waals surface area contributed by atoms with Crippen LogP contribution >= 0.6 is 0 Å². The fourth-order valence-electron chi connectivity index (χ4n) is 8.54. The summed E-state index contributed by atoms with van der Waals surface area (Å²) in [4.78, 5) is 0. The molecule has 3 saturated carbocycles. The van der Waals surface area contributed by atoms with Crippen LogP contribution in [0, 0.1) is 46.3 Å². The summed E-state index contributed by atoms with van der Waals surface area (Å²) in [6.07, 6.45) is 14.2. The highest BCUT2D eigenvalue weighted by molar-refractivity contribution is 5.25. The Bertz CT molecular complexity index is 678. The summed E-state index contributed by atoms with van der Waals surface area (Å²) < 4.78 is 0. The molecule has 4 rings (SSSR count). The Balaban J connectivity index is 1.51. The maximum absolute atomic E-state index is 10.3. The molecule has 0 aliphatic heterocycles. The predicted octanol–water partition coefficient (Wildman–Crippen LogP) is 6.53. The van der Waals surface area contributed by atoms with Crippen LogP contribution in [0.15, 0.2) is 23.8 Å². The first-order valence-electron chi connectivity index (χ1n) is 12.9. The molecule has 30 heavy (non-hydrogen) atoms. The molecule has 0 radical (unpaired) electrons. The highest BCUT2D eigenvalue weighted by Gasteiger charge is 2.59. The average Bonchev–Trinajstić information content (AvgIpc) is 3.06. The second-order valence-electron chi connectivity index (χ2n) is 12.2. The number of hydrogen-bond donors (Lipinski definition) is 2. The SMILES string of the molecule is C=C(CC[C@@H](CO)[C@H]1CC[C@H]2[C@@H]3CC=C4C[C@@H](O)CC[C@]4(C)[C@H]3CC[C@]12C)C(C)C. The zero-order chi connectivity index (χ0) is 21.7. The summed E-state index contributed by atoms with van der Waals surface area (Å²) in [6.45, 7) is 14.2. The van der Waals surface area contributed by atoms with Crippen molar-refractivity contribution in [2.75, 3.05) is 6.61 Å². The maximum Gasteiger partial charge on any atom is 0.0577 e. The maximum atomic E-state index is 10.3. The van der Waals surface area contributed by atoms with E-state index in [2.05, 4.69) is 40.3 Å². The van der Waals surface area contributed by atoms with Gasteiger partial charge in [0.15, 0.2) is 0 Å². The molecule has 4 aliphatic carbocycles. The highest BCUT2D eigenvalue weighted by atomic mass is 16.3. The lowest BCUT2D eigenvalue weighted by Gasteiger charge is -2.58. The van der Waals surface area contributed by atoms with E-state index in [1.165, 1.54) is 44.1 Å². The molecule has 170 valence electrons. The minimum absolute atomic E-state index is 0.114. The van der Waals surface area contributed by atoms with Gasteiger partial charge in [-0.25, -0.2) is 0 Å². The Kier molecular flexibility index (Phi) is 6.32. The molecule has 0 bridgehead atoms. The van der Waals surface area contributed by atoms with E-state index in [1.54, 1.807) is 5.57 Å². The second kappa shape index (κ2) is 8.39. The second-order valence-corrected chi connectivity index (χ2v) is 12.2. The number of aliphatic hydroxyl groups is 2. The molecule has 0 aromatic rings. The zero-order valence-corrected chi connectivity index (χ0v) is 20.0. The van der Waals surface area contributed by atoms with E-state index in [1.807, 2.05) is 0 Å². The summed E-state index contributed by atoms with van der Waals surface area (Å²) >= 11 is 0. The van der Waals surface area contributed by atoms with Gasteiger partial charge in [0.05, 0.1) is 6.10 Å². The molecule has 3 fully saturated rings. The van der Waals surface area contributed by atoms with Crippen LogP contribution in [0.25, 0.3) is 0 Å². The van der Waals surface area contributed by atoms with E-state index in [0.29, 0.717) is 35.2 Å². The normalized spacial score (nSPS) is 44.1.